The number of fused-ring (bicyclic) bond motifs is 8. The number of aryl methyl sites for hydroxylation is 2. The normalized spacial score (nSPS) is 30.8. The van der Waals surface area contributed by atoms with Crippen LogP contribution in [0.2, 0.25) is 0 Å². The van der Waals surface area contributed by atoms with Gasteiger partial charge in [0.15, 0.2) is 35.8 Å². The zero-order valence-corrected chi connectivity index (χ0v) is 52.0. The van der Waals surface area contributed by atoms with Crippen LogP contribution in [0, 0.1) is 58.2 Å². The van der Waals surface area contributed by atoms with E-state index >= 15 is 0 Å². The van der Waals surface area contributed by atoms with E-state index in [-0.39, 0.29) is 128 Å². The number of ketones is 2. The maximum absolute atomic E-state index is 13.5. The summed E-state index contributed by atoms with van der Waals surface area (Å²) in [4.78, 5) is 30.9. The first-order valence-corrected chi connectivity index (χ1v) is 33.6. The fourth-order valence-corrected chi connectivity index (χ4v) is 18.3. The summed E-state index contributed by atoms with van der Waals surface area (Å²) in [6, 6.07) is 10.3. The number of hydrogen-bond donors (Lipinski definition) is 10. The first-order chi connectivity index (χ1) is 41.4. The van der Waals surface area contributed by atoms with E-state index in [4.69, 9.17) is 29.7 Å². The van der Waals surface area contributed by atoms with E-state index in [0.29, 0.717) is 65.6 Å². The molecular weight excluding hydrogens is 1130 g/mol. The number of methoxy groups -OCH3 is 1. The monoisotopic (exact) mass is 1220 g/mol. The Morgan fingerprint density at radius 1 is 0.919 bits per heavy atom. The molecule has 0 amide bonds. The van der Waals surface area contributed by atoms with E-state index < -0.39 is 36.7 Å². The van der Waals surface area contributed by atoms with Gasteiger partial charge >= 0.3 is 0 Å². The Morgan fingerprint density at radius 3 is 2.51 bits per heavy atom. The predicted molar refractivity (Wildman–Crippen MR) is 334 cm³/mol. The van der Waals surface area contributed by atoms with E-state index in [1.54, 1.807) is 47.8 Å². The van der Waals surface area contributed by atoms with Gasteiger partial charge in [0.05, 0.1) is 43.0 Å². The molecule has 2 fully saturated rings. The number of nitrogens with two attached hydrogens (primary N) is 1. The molecule has 4 heterocycles. The number of nitrogens with zero attached hydrogens (tertiary/aromatic N) is 1. The van der Waals surface area contributed by atoms with Gasteiger partial charge in [-0.15, -0.1) is 0 Å². The molecule has 11 N–H and O–H groups in total. The van der Waals surface area contributed by atoms with Crippen LogP contribution in [0.4, 0.5) is 0 Å². The standard InChI is InChI=1S/C67H89N5O12S2/c1-40(2)58-35-86-85-34-55-54-30-53-43-11-16-48(77)28-47(76)15-10-42-13-19-59(79)61(83-39-74)51(42)8-5-7-44(27-43)60(62(53)84-63(54)80)82-38-70-67(22-6-9-57(55)71-64(68)72-58)37-66(23-20-46(67)14-18-50(33-73)81-4)26-25-65(36-66)24-21-56(69-32-41(3)75)52-29-49(78)17-12-45(52)31-65/h12-13,17,19,27,29,40,46,48,50,54-58,63,69-70,73-74,77-80H,7,10-11,14-16,18,20-26,28,30-39H2,1-4H3,(H3,68,71,72). The first-order valence-electron chi connectivity index (χ1n) is 31.1. The number of Topliss-reactive ketones (excluding diaryl/α,β-unsaturated/α-hetero) is 2. The smallest absolute Gasteiger partial charge is 0.201 e. The van der Waals surface area contributed by atoms with E-state index in [1.165, 1.54) is 11.6 Å². The number of aliphatic hydroxyl groups excluding tert-OH is 4. The molecule has 0 radical (unpaired) electrons. The molecule has 4 aliphatic carbocycles. The summed E-state index contributed by atoms with van der Waals surface area (Å²) < 4.78 is 25.4. The van der Waals surface area contributed by atoms with Crippen LogP contribution in [0.15, 0.2) is 41.4 Å². The molecule has 0 aromatic heterocycles. The number of aliphatic imine (C=N–C) groups is 1. The number of guanidine groups is 1. The summed E-state index contributed by atoms with van der Waals surface area (Å²) in [5.74, 6) is 16.1. The Balaban J connectivity index is 1.10. The Labute approximate surface area is 514 Å². The average molecular weight is 1220 g/mol. The van der Waals surface area contributed by atoms with E-state index in [9.17, 15) is 40.2 Å². The molecule has 3 aromatic rings. The Kier molecular flexibility index (Phi) is 20.9. The molecule has 0 saturated heterocycles. The number of carbonyl (C=O) groups excluding carboxylic acids is 2. The third kappa shape index (κ3) is 14.6. The summed E-state index contributed by atoms with van der Waals surface area (Å²) >= 11 is 0. The van der Waals surface area contributed by atoms with Crippen LogP contribution < -0.4 is 35.9 Å². The van der Waals surface area contributed by atoms with E-state index in [2.05, 4.69) is 65.6 Å². The van der Waals surface area contributed by atoms with Crippen LogP contribution in [0.3, 0.4) is 0 Å². The van der Waals surface area contributed by atoms with Crippen LogP contribution in [0.5, 0.6) is 28.7 Å². The third-order valence-electron chi connectivity index (χ3n) is 20.0. The number of ether oxygens (including phenoxy) is 4. The van der Waals surface area contributed by atoms with Crippen molar-refractivity contribution in [3.8, 4) is 52.4 Å². The minimum Gasteiger partial charge on any atom is -0.508 e. The number of aliphatic hydroxyl groups is 4. The highest BCUT2D eigenvalue weighted by molar-refractivity contribution is 8.76. The highest BCUT2D eigenvalue weighted by Crippen LogP contribution is 2.63. The van der Waals surface area contributed by atoms with Gasteiger partial charge in [-0.2, -0.15) is 0 Å². The molecule has 19 heteroatoms. The van der Waals surface area contributed by atoms with Gasteiger partial charge in [-0.3, -0.25) is 14.9 Å². The van der Waals surface area contributed by atoms with Gasteiger partial charge in [0, 0.05) is 78.8 Å². The topological polar surface area (TPSA) is 267 Å². The van der Waals surface area contributed by atoms with Gasteiger partial charge < -0.3 is 66.0 Å². The lowest BCUT2D eigenvalue weighted by atomic mass is 9.57. The van der Waals surface area contributed by atoms with Gasteiger partial charge in [-0.1, -0.05) is 77.3 Å². The number of carbonyl (C=O) groups is 2. The Morgan fingerprint density at radius 2 is 1.72 bits per heavy atom. The largest absolute Gasteiger partial charge is 0.508 e. The lowest BCUT2D eigenvalue weighted by Crippen LogP contribution is -2.58. The number of aromatic hydroxyl groups is 2. The number of phenolic OH excluding ortho intramolecular Hbond substituents is 2. The summed E-state index contributed by atoms with van der Waals surface area (Å²) in [6.45, 7) is 5.37. The maximum atomic E-state index is 13.5. The minimum absolute atomic E-state index is 0.00455. The quantitative estimate of drug-likeness (QED) is 0.0507. The number of hydrogen-bond acceptors (Lipinski definition) is 19. The highest BCUT2D eigenvalue weighted by atomic mass is 33.1. The van der Waals surface area contributed by atoms with Crippen molar-refractivity contribution in [1.82, 2.24) is 16.0 Å². The molecule has 86 heavy (non-hydrogen) atoms. The maximum Gasteiger partial charge on any atom is 0.201 e. The Bertz CT molecular complexity index is 3100. The molecular formula is C67H89N5O12S2. The molecule has 17 nitrogen and oxygen atoms in total. The van der Waals surface area contributed by atoms with Crippen LogP contribution in [-0.4, -0.2) is 130 Å². The summed E-state index contributed by atoms with van der Waals surface area (Å²) in [7, 11) is 5.13. The number of rotatable bonds is 11. The Hall–Kier alpha value is -5.19. The van der Waals surface area contributed by atoms with Gasteiger partial charge in [0.1, 0.15) is 24.0 Å². The number of phenols is 2. The highest BCUT2D eigenvalue weighted by Gasteiger charge is 2.56. The van der Waals surface area contributed by atoms with Crippen molar-refractivity contribution >= 4 is 39.1 Å². The molecule has 11 rings (SSSR count). The van der Waals surface area contributed by atoms with Crippen LogP contribution >= 0.6 is 21.6 Å². The summed E-state index contributed by atoms with van der Waals surface area (Å²) in [5, 5.41) is 77.5. The molecule has 2 saturated carbocycles. The van der Waals surface area contributed by atoms with Gasteiger partial charge in [0.25, 0.3) is 0 Å². The lowest BCUT2D eigenvalue weighted by Gasteiger charge is -2.52. The second kappa shape index (κ2) is 28.1. The molecule has 12 unspecified atom stereocenters. The van der Waals surface area contributed by atoms with Crippen molar-refractivity contribution < 1.29 is 59.2 Å². The fourth-order valence-electron chi connectivity index (χ4n) is 15.4. The number of nitrogens with one attached hydrogen (secondary N) is 3. The fraction of sp³-hybridized carbons (Fsp3) is 0.627. The lowest BCUT2D eigenvalue weighted by molar-refractivity contribution is -0.121. The van der Waals surface area contributed by atoms with Crippen molar-refractivity contribution in [2.45, 2.75) is 185 Å². The first kappa shape index (κ1) is 63.8. The SMILES string of the molecule is COC(CO)CCC1CCC2(CCC3(CCC(NCC(C)=O)c4cc(O)ccc4C3)C2)CC12CC#CC1NC(N)=NC(C(C)C)CSSCC1C1Cc3c4cc(c(c3OC1O)OCN2)CC#Cc1c(ccc(O)c1OCO)CCC(=O)CC(O)CC4. The van der Waals surface area contributed by atoms with Gasteiger partial charge in [-0.25, -0.2) is 4.99 Å². The number of benzene rings is 3. The molecule has 3 aromatic carbocycles. The van der Waals surface area contributed by atoms with Crippen molar-refractivity contribution in [2.24, 2.45) is 45.2 Å². The third-order valence-corrected chi connectivity index (χ3v) is 22.5. The summed E-state index contributed by atoms with van der Waals surface area (Å²) in [6.07, 6.45) is 9.19. The van der Waals surface area contributed by atoms with E-state index in [0.717, 1.165) is 86.7 Å². The van der Waals surface area contributed by atoms with Crippen molar-refractivity contribution in [2.75, 3.05) is 45.3 Å². The zero-order valence-electron chi connectivity index (χ0n) is 50.4. The molecule has 3 spiro atoms. The van der Waals surface area contributed by atoms with Gasteiger partial charge in [-0.05, 0) is 166 Å². The van der Waals surface area contributed by atoms with Gasteiger partial charge in [0.2, 0.25) is 6.29 Å². The van der Waals surface area contributed by atoms with E-state index in [1.807, 2.05) is 6.07 Å². The zero-order chi connectivity index (χ0) is 60.8. The molecule has 12 atom stereocenters. The van der Waals surface area contributed by atoms with Crippen LogP contribution in [0.25, 0.3) is 0 Å². The average Bonchev–Trinajstić information content (AvgIpc) is 1.58. The second-order valence-electron chi connectivity index (χ2n) is 26.1. The van der Waals surface area contributed by atoms with Crippen LogP contribution in [0.1, 0.15) is 156 Å². The second-order valence-corrected chi connectivity index (χ2v) is 28.6. The molecule has 6 bridgehead atoms. The predicted octanol–water partition coefficient (Wildman–Crippen LogP) is 7.47. The molecule has 8 aliphatic rings. The van der Waals surface area contributed by atoms with Crippen LogP contribution in [-0.2, 0) is 46.4 Å². The van der Waals surface area contributed by atoms with Crippen molar-refractivity contribution in [1.29, 1.82) is 0 Å². The molecule has 466 valence electrons. The minimum atomic E-state index is -1.29. The summed E-state index contributed by atoms with van der Waals surface area (Å²) in [5.41, 5.74) is 11.8. The van der Waals surface area contributed by atoms with Crippen molar-refractivity contribution in [3.05, 3.63) is 75.3 Å². The molecule has 4 aliphatic heterocycles. The van der Waals surface area contributed by atoms with Crippen molar-refractivity contribution in [3.63, 3.8) is 0 Å².